The average molecular weight is 246 g/mol. The predicted molar refractivity (Wildman–Crippen MR) is 68.6 cm³/mol. The molecule has 1 aromatic carbocycles. The maximum atomic E-state index is 10.7. The number of rotatable bonds is 3. The van der Waals surface area contributed by atoms with Crippen LogP contribution in [-0.2, 0) is 0 Å². The van der Waals surface area contributed by atoms with E-state index >= 15 is 0 Å². The third-order valence-electron chi connectivity index (χ3n) is 2.84. The van der Waals surface area contributed by atoms with Gasteiger partial charge in [0.2, 0.25) is 0 Å². The third-order valence-corrected chi connectivity index (χ3v) is 3.16. The number of nitrogens with zero attached hydrogens (tertiary/aromatic N) is 1. The van der Waals surface area contributed by atoms with Gasteiger partial charge in [-0.25, -0.2) is 0 Å². The summed E-state index contributed by atoms with van der Waals surface area (Å²) >= 11 is 6.01. The van der Waals surface area contributed by atoms with Gasteiger partial charge < -0.3 is 0 Å². The van der Waals surface area contributed by atoms with E-state index in [-0.39, 0.29) is 5.92 Å². The summed E-state index contributed by atoms with van der Waals surface area (Å²) in [4.78, 5) is 14.8. The lowest BCUT2D eigenvalue weighted by Gasteiger charge is -2.12. The summed E-state index contributed by atoms with van der Waals surface area (Å²) in [5, 5.41) is 0.494. The van der Waals surface area contributed by atoms with Gasteiger partial charge in [-0.15, -0.1) is 0 Å². The summed E-state index contributed by atoms with van der Waals surface area (Å²) in [5.41, 5.74) is 2.73. The molecular formula is C14H12ClNO. The minimum absolute atomic E-state index is 0.210. The fourth-order valence-electron chi connectivity index (χ4n) is 1.73. The van der Waals surface area contributed by atoms with Crippen molar-refractivity contribution in [2.24, 2.45) is 0 Å². The molecule has 2 aromatic rings. The summed E-state index contributed by atoms with van der Waals surface area (Å²) in [7, 11) is 0. The fraction of sp³-hybridized carbons (Fsp3) is 0.143. The van der Waals surface area contributed by atoms with Crippen molar-refractivity contribution in [1.29, 1.82) is 0 Å². The molecule has 17 heavy (non-hydrogen) atoms. The Balaban J connectivity index is 2.35. The summed E-state index contributed by atoms with van der Waals surface area (Å²) in [6, 6.07) is 9.44. The van der Waals surface area contributed by atoms with Crippen molar-refractivity contribution in [2.75, 3.05) is 0 Å². The van der Waals surface area contributed by atoms with Gasteiger partial charge in [-0.1, -0.05) is 30.7 Å². The average Bonchev–Trinajstić information content (AvgIpc) is 2.39. The van der Waals surface area contributed by atoms with Crippen molar-refractivity contribution in [1.82, 2.24) is 4.98 Å². The highest BCUT2D eigenvalue weighted by Gasteiger charge is 2.10. The molecule has 0 aliphatic heterocycles. The van der Waals surface area contributed by atoms with E-state index in [0.717, 1.165) is 17.4 Å². The molecule has 86 valence electrons. The first-order chi connectivity index (χ1) is 8.22. The molecule has 0 saturated heterocycles. The summed E-state index contributed by atoms with van der Waals surface area (Å²) in [5.74, 6) is 0.210. The first-order valence-electron chi connectivity index (χ1n) is 5.37. The molecule has 1 unspecified atom stereocenters. The Morgan fingerprint density at radius 1 is 1.29 bits per heavy atom. The van der Waals surface area contributed by atoms with E-state index in [1.54, 1.807) is 12.3 Å². The van der Waals surface area contributed by atoms with E-state index in [4.69, 9.17) is 11.6 Å². The number of halogens is 1. The first-order valence-corrected chi connectivity index (χ1v) is 5.74. The van der Waals surface area contributed by atoms with Crippen LogP contribution >= 0.6 is 11.6 Å². The Labute approximate surface area is 105 Å². The molecule has 0 bridgehead atoms. The van der Waals surface area contributed by atoms with Crippen LogP contribution in [0.1, 0.15) is 34.3 Å². The molecule has 3 heteroatoms. The standard InChI is InChI=1S/C14H12ClNO/c1-10(12-3-2-6-16-8-12)11-4-5-13(9-17)14(15)7-11/h2-10H,1H3. The number of pyridine rings is 1. The zero-order valence-electron chi connectivity index (χ0n) is 9.43. The number of hydrogen-bond acceptors (Lipinski definition) is 2. The SMILES string of the molecule is CC(c1cccnc1)c1ccc(C=O)c(Cl)c1. The molecule has 0 aliphatic rings. The highest BCUT2D eigenvalue weighted by molar-refractivity contribution is 6.33. The monoisotopic (exact) mass is 245 g/mol. The number of hydrogen-bond donors (Lipinski definition) is 0. The molecule has 1 aromatic heterocycles. The van der Waals surface area contributed by atoms with E-state index in [1.807, 2.05) is 30.5 Å². The van der Waals surface area contributed by atoms with Crippen LogP contribution in [0, 0.1) is 0 Å². The molecular weight excluding hydrogens is 234 g/mol. The van der Waals surface area contributed by atoms with Gasteiger partial charge in [-0.05, 0) is 29.3 Å². The number of benzene rings is 1. The molecule has 0 amide bonds. The predicted octanol–water partition coefficient (Wildman–Crippen LogP) is 3.70. The van der Waals surface area contributed by atoms with Gasteiger partial charge in [-0.3, -0.25) is 9.78 Å². The fourth-order valence-corrected chi connectivity index (χ4v) is 1.97. The van der Waals surface area contributed by atoms with Crippen LogP contribution in [0.25, 0.3) is 0 Å². The molecule has 0 fully saturated rings. The summed E-state index contributed by atoms with van der Waals surface area (Å²) in [6.07, 6.45) is 4.35. The summed E-state index contributed by atoms with van der Waals surface area (Å²) in [6.45, 7) is 2.09. The Morgan fingerprint density at radius 2 is 2.12 bits per heavy atom. The van der Waals surface area contributed by atoms with E-state index in [2.05, 4.69) is 11.9 Å². The molecule has 0 radical (unpaired) electrons. The molecule has 0 aliphatic carbocycles. The second kappa shape index (κ2) is 5.11. The van der Waals surface area contributed by atoms with Crippen molar-refractivity contribution < 1.29 is 4.79 Å². The number of carbonyl (C=O) groups excluding carboxylic acids is 1. The van der Waals surface area contributed by atoms with Gasteiger partial charge in [0, 0.05) is 23.9 Å². The van der Waals surface area contributed by atoms with Crippen molar-refractivity contribution in [2.45, 2.75) is 12.8 Å². The maximum Gasteiger partial charge on any atom is 0.151 e. The van der Waals surface area contributed by atoms with Crippen LogP contribution in [0.3, 0.4) is 0 Å². The Hall–Kier alpha value is -1.67. The molecule has 2 rings (SSSR count). The first kappa shape index (κ1) is 11.8. The molecule has 1 heterocycles. The lowest BCUT2D eigenvalue weighted by atomic mass is 9.94. The smallest absolute Gasteiger partial charge is 0.151 e. The zero-order chi connectivity index (χ0) is 12.3. The number of aldehydes is 1. The second-order valence-corrected chi connectivity index (χ2v) is 4.31. The Bertz CT molecular complexity index is 525. The minimum atomic E-state index is 0.210. The van der Waals surface area contributed by atoms with Crippen LogP contribution in [0.4, 0.5) is 0 Å². The van der Waals surface area contributed by atoms with Crippen LogP contribution in [0.5, 0.6) is 0 Å². The molecule has 0 spiro atoms. The van der Waals surface area contributed by atoms with Gasteiger partial charge in [0.25, 0.3) is 0 Å². The van der Waals surface area contributed by atoms with Gasteiger partial charge in [0.15, 0.2) is 6.29 Å². The highest BCUT2D eigenvalue weighted by atomic mass is 35.5. The molecule has 1 atom stereocenters. The van der Waals surface area contributed by atoms with Gasteiger partial charge >= 0.3 is 0 Å². The number of aromatic nitrogens is 1. The zero-order valence-corrected chi connectivity index (χ0v) is 10.2. The molecule has 0 N–H and O–H groups in total. The maximum absolute atomic E-state index is 10.7. The van der Waals surface area contributed by atoms with Crippen molar-refractivity contribution in [3.05, 3.63) is 64.4 Å². The topological polar surface area (TPSA) is 30.0 Å². The lowest BCUT2D eigenvalue weighted by molar-refractivity contribution is 0.112. The van der Waals surface area contributed by atoms with Crippen LogP contribution in [-0.4, -0.2) is 11.3 Å². The van der Waals surface area contributed by atoms with E-state index < -0.39 is 0 Å². The quantitative estimate of drug-likeness (QED) is 0.772. The Kier molecular flexibility index (Phi) is 3.55. The van der Waals surface area contributed by atoms with Gasteiger partial charge in [0.05, 0.1) is 5.02 Å². The number of carbonyl (C=O) groups is 1. The van der Waals surface area contributed by atoms with E-state index in [0.29, 0.717) is 10.6 Å². The minimum Gasteiger partial charge on any atom is -0.298 e. The molecule has 0 saturated carbocycles. The Morgan fingerprint density at radius 3 is 2.71 bits per heavy atom. The van der Waals surface area contributed by atoms with Gasteiger partial charge in [-0.2, -0.15) is 0 Å². The lowest BCUT2D eigenvalue weighted by Crippen LogP contribution is -1.97. The van der Waals surface area contributed by atoms with Crippen LogP contribution in [0.2, 0.25) is 5.02 Å². The van der Waals surface area contributed by atoms with Crippen LogP contribution < -0.4 is 0 Å². The normalized spacial score (nSPS) is 12.1. The van der Waals surface area contributed by atoms with Crippen LogP contribution in [0.15, 0.2) is 42.7 Å². The van der Waals surface area contributed by atoms with Crippen molar-refractivity contribution >= 4 is 17.9 Å². The molecule has 2 nitrogen and oxygen atoms in total. The highest BCUT2D eigenvalue weighted by Crippen LogP contribution is 2.26. The van der Waals surface area contributed by atoms with Gasteiger partial charge in [0.1, 0.15) is 0 Å². The van der Waals surface area contributed by atoms with Crippen molar-refractivity contribution in [3.8, 4) is 0 Å². The third kappa shape index (κ3) is 2.53. The van der Waals surface area contributed by atoms with E-state index in [9.17, 15) is 4.79 Å². The van der Waals surface area contributed by atoms with E-state index in [1.165, 1.54) is 0 Å². The summed E-state index contributed by atoms with van der Waals surface area (Å²) < 4.78 is 0. The largest absolute Gasteiger partial charge is 0.298 e. The second-order valence-electron chi connectivity index (χ2n) is 3.91. The van der Waals surface area contributed by atoms with Crippen molar-refractivity contribution in [3.63, 3.8) is 0 Å².